The topological polar surface area (TPSA) is 109 Å². The quantitative estimate of drug-likeness (QED) is 0.775. The Kier molecular flexibility index (Phi) is 4.92. The third-order valence-corrected chi connectivity index (χ3v) is 5.49. The van der Waals surface area contributed by atoms with Gasteiger partial charge in [0.15, 0.2) is 0 Å². The smallest absolute Gasteiger partial charge is 0.309 e. The lowest BCUT2D eigenvalue weighted by Crippen LogP contribution is -2.38. The third-order valence-electron chi connectivity index (χ3n) is 5.49. The summed E-state index contributed by atoms with van der Waals surface area (Å²) in [6, 6.07) is 0. The van der Waals surface area contributed by atoms with Gasteiger partial charge in [-0.3, -0.25) is 19.2 Å². The highest BCUT2D eigenvalue weighted by Crippen LogP contribution is 2.50. The maximum Gasteiger partial charge on any atom is 0.309 e. The molecule has 6 heteroatoms. The first-order valence-corrected chi connectivity index (χ1v) is 8.14. The number of carboxylic acids is 2. The lowest BCUT2D eigenvalue weighted by atomic mass is 9.65. The summed E-state index contributed by atoms with van der Waals surface area (Å²) in [7, 11) is 0. The predicted octanol–water partition coefficient (Wildman–Crippen LogP) is 2.15. The number of carboxylic acid groups (broad SMARTS) is 2. The van der Waals surface area contributed by atoms with Crippen LogP contribution in [-0.4, -0.2) is 33.7 Å². The fraction of sp³-hybridized carbons (Fsp3) is 0.765. The lowest BCUT2D eigenvalue weighted by Gasteiger charge is -2.37. The molecule has 2 aliphatic rings. The minimum Gasteiger partial charge on any atom is -0.481 e. The van der Waals surface area contributed by atoms with E-state index >= 15 is 0 Å². The predicted molar refractivity (Wildman–Crippen MR) is 80.7 cm³/mol. The normalized spacial score (nSPS) is 31.0. The largest absolute Gasteiger partial charge is 0.481 e. The van der Waals surface area contributed by atoms with Crippen LogP contribution in [0.15, 0.2) is 0 Å². The van der Waals surface area contributed by atoms with Gasteiger partial charge in [0.05, 0.1) is 5.41 Å². The van der Waals surface area contributed by atoms with E-state index in [2.05, 4.69) is 0 Å². The summed E-state index contributed by atoms with van der Waals surface area (Å²) in [6.45, 7) is 3.26. The number of fused-ring (bicyclic) bond motifs is 1. The molecule has 0 radical (unpaired) electrons. The Labute approximate surface area is 135 Å². The molecule has 3 unspecified atom stereocenters. The van der Waals surface area contributed by atoms with Crippen molar-refractivity contribution in [3.8, 4) is 0 Å². The number of hydrogen-bond donors (Lipinski definition) is 2. The number of aliphatic carboxylic acids is 2. The molecule has 2 saturated carbocycles. The minimum atomic E-state index is -0.961. The van der Waals surface area contributed by atoms with Crippen molar-refractivity contribution in [1.29, 1.82) is 0 Å². The molecule has 2 rings (SSSR count). The van der Waals surface area contributed by atoms with Gasteiger partial charge in [0, 0.05) is 31.1 Å². The summed E-state index contributed by atoms with van der Waals surface area (Å²) in [5.41, 5.74) is -0.961. The first-order valence-electron chi connectivity index (χ1n) is 8.14. The Morgan fingerprint density at radius 3 is 2.39 bits per heavy atom. The summed E-state index contributed by atoms with van der Waals surface area (Å²) in [5.74, 6) is -2.71. The minimum absolute atomic E-state index is 0.0281. The molecule has 2 fully saturated rings. The second-order valence-corrected chi connectivity index (χ2v) is 7.55. The van der Waals surface area contributed by atoms with Gasteiger partial charge in [-0.2, -0.15) is 0 Å². The molecule has 0 aromatic heterocycles. The zero-order valence-corrected chi connectivity index (χ0v) is 13.6. The molecule has 0 aromatic carbocycles. The summed E-state index contributed by atoms with van der Waals surface area (Å²) >= 11 is 0. The van der Waals surface area contributed by atoms with Crippen LogP contribution < -0.4 is 0 Å². The van der Waals surface area contributed by atoms with E-state index in [0.29, 0.717) is 25.7 Å². The highest BCUT2D eigenvalue weighted by atomic mass is 16.4. The maximum absolute atomic E-state index is 12.3. The zero-order valence-electron chi connectivity index (χ0n) is 13.6. The Bertz CT molecular complexity index is 535. The van der Waals surface area contributed by atoms with Crippen LogP contribution in [0.2, 0.25) is 0 Å². The molecule has 0 aliphatic heterocycles. The van der Waals surface area contributed by atoms with Crippen molar-refractivity contribution < 1.29 is 29.4 Å². The molecule has 23 heavy (non-hydrogen) atoms. The van der Waals surface area contributed by atoms with Crippen molar-refractivity contribution in [2.75, 3.05) is 0 Å². The van der Waals surface area contributed by atoms with E-state index in [1.807, 2.05) is 0 Å². The Morgan fingerprint density at radius 2 is 1.83 bits per heavy atom. The van der Waals surface area contributed by atoms with Crippen LogP contribution in [0, 0.1) is 29.1 Å². The van der Waals surface area contributed by atoms with E-state index in [-0.39, 0.29) is 42.2 Å². The van der Waals surface area contributed by atoms with Crippen molar-refractivity contribution in [3.05, 3.63) is 0 Å². The zero-order chi connectivity index (χ0) is 17.4. The average Bonchev–Trinajstić information content (AvgIpc) is 2.73. The van der Waals surface area contributed by atoms with Crippen LogP contribution in [-0.2, 0) is 19.2 Å². The van der Waals surface area contributed by atoms with E-state index < -0.39 is 23.3 Å². The standard InChI is InChI=1S/C17H24O6/c1-17(2,16(22)23)8-9-7-13(19)11-3-5-12(18)10(15(9)11)4-6-14(20)21/h9-11,15H,3-8H2,1-2H3,(H,20,21)(H,22,23)/t9?,10-,11?,15?/m1/s1. The average molecular weight is 324 g/mol. The molecule has 0 bridgehead atoms. The lowest BCUT2D eigenvalue weighted by molar-refractivity contribution is -0.148. The first-order chi connectivity index (χ1) is 10.6. The maximum atomic E-state index is 12.3. The second-order valence-electron chi connectivity index (χ2n) is 7.55. The highest BCUT2D eigenvalue weighted by molar-refractivity contribution is 5.90. The van der Waals surface area contributed by atoms with Gasteiger partial charge in [0.25, 0.3) is 0 Å². The van der Waals surface area contributed by atoms with Crippen molar-refractivity contribution in [1.82, 2.24) is 0 Å². The molecule has 128 valence electrons. The van der Waals surface area contributed by atoms with Crippen LogP contribution >= 0.6 is 0 Å². The van der Waals surface area contributed by atoms with Crippen molar-refractivity contribution >= 4 is 23.5 Å². The fourth-order valence-corrected chi connectivity index (χ4v) is 4.33. The van der Waals surface area contributed by atoms with Gasteiger partial charge >= 0.3 is 11.9 Å². The third kappa shape index (κ3) is 3.62. The summed E-state index contributed by atoms with van der Waals surface area (Å²) < 4.78 is 0. The van der Waals surface area contributed by atoms with E-state index in [0.717, 1.165) is 0 Å². The molecule has 4 atom stereocenters. The molecule has 0 aromatic rings. The summed E-state index contributed by atoms with van der Waals surface area (Å²) in [4.78, 5) is 46.8. The molecule has 0 saturated heterocycles. The number of Topliss-reactive ketones (excluding diaryl/α,β-unsaturated/α-hetero) is 2. The Balaban J connectivity index is 2.22. The van der Waals surface area contributed by atoms with E-state index in [4.69, 9.17) is 5.11 Å². The van der Waals surface area contributed by atoms with Crippen LogP contribution in [0.3, 0.4) is 0 Å². The second kappa shape index (κ2) is 6.42. The number of hydrogen-bond acceptors (Lipinski definition) is 4. The van der Waals surface area contributed by atoms with Crippen molar-refractivity contribution in [2.24, 2.45) is 29.1 Å². The van der Waals surface area contributed by atoms with Crippen LogP contribution in [0.5, 0.6) is 0 Å². The van der Waals surface area contributed by atoms with Crippen LogP contribution in [0.1, 0.15) is 52.4 Å². The summed E-state index contributed by atoms with van der Waals surface area (Å²) in [5, 5.41) is 18.2. The molecule has 0 spiro atoms. The van der Waals surface area contributed by atoms with Gasteiger partial charge in [-0.05, 0) is 44.9 Å². The molecule has 6 nitrogen and oxygen atoms in total. The van der Waals surface area contributed by atoms with Gasteiger partial charge < -0.3 is 10.2 Å². The number of rotatable bonds is 6. The van der Waals surface area contributed by atoms with Crippen molar-refractivity contribution in [2.45, 2.75) is 52.4 Å². The van der Waals surface area contributed by atoms with Gasteiger partial charge in [0.1, 0.15) is 11.6 Å². The molecular formula is C17H24O6. The molecule has 2 aliphatic carbocycles. The number of ketones is 2. The van der Waals surface area contributed by atoms with Gasteiger partial charge in [-0.25, -0.2) is 0 Å². The highest BCUT2D eigenvalue weighted by Gasteiger charge is 2.52. The SMILES string of the molecule is CC(C)(CC1CC(=O)C2CCC(=O)[C@@H](CCC(=O)O)C12)C(=O)O. The number of carbonyl (C=O) groups is 4. The Hall–Kier alpha value is -1.72. The molecule has 2 N–H and O–H groups in total. The Morgan fingerprint density at radius 1 is 1.17 bits per heavy atom. The first kappa shape index (κ1) is 17.6. The van der Waals surface area contributed by atoms with E-state index in [9.17, 15) is 24.3 Å². The van der Waals surface area contributed by atoms with Gasteiger partial charge in [0.2, 0.25) is 0 Å². The molecule has 0 heterocycles. The summed E-state index contributed by atoms with van der Waals surface area (Å²) in [6.07, 6.45) is 1.65. The fourth-order valence-electron chi connectivity index (χ4n) is 4.33. The molecule has 0 amide bonds. The van der Waals surface area contributed by atoms with Gasteiger partial charge in [-0.15, -0.1) is 0 Å². The monoisotopic (exact) mass is 324 g/mol. The van der Waals surface area contributed by atoms with E-state index in [1.165, 1.54) is 0 Å². The van der Waals surface area contributed by atoms with Crippen LogP contribution in [0.4, 0.5) is 0 Å². The van der Waals surface area contributed by atoms with E-state index in [1.54, 1.807) is 13.8 Å². The van der Waals surface area contributed by atoms with Crippen molar-refractivity contribution in [3.63, 3.8) is 0 Å². The molecular weight excluding hydrogens is 300 g/mol. The van der Waals surface area contributed by atoms with Crippen LogP contribution in [0.25, 0.3) is 0 Å². The number of carbonyl (C=O) groups excluding carboxylic acids is 2. The van der Waals surface area contributed by atoms with Gasteiger partial charge in [-0.1, -0.05) is 0 Å².